The molecule has 0 heterocycles. The summed E-state index contributed by atoms with van der Waals surface area (Å²) in [5, 5.41) is 10.0. The molecule has 0 radical (unpaired) electrons. The standard InChI is InChI=1S/C20H31BrO2/c1-14(13-23-16-8-10-19(2,22)11-16)17-6-7-18-15(12-21)5-4-9-20(17,18)3/h8,10,12,14,16-18,22H,4-7,9,11,13H2,1-3H3/b15-12+/t14-,16+,17+,18?,19-,20+/m0/s1. The minimum Gasteiger partial charge on any atom is -0.386 e. The monoisotopic (exact) mass is 382 g/mol. The van der Waals surface area contributed by atoms with Gasteiger partial charge in [-0.2, -0.15) is 0 Å². The van der Waals surface area contributed by atoms with Gasteiger partial charge in [-0.15, -0.1) is 0 Å². The summed E-state index contributed by atoms with van der Waals surface area (Å²) in [5.41, 5.74) is 1.39. The zero-order chi connectivity index (χ0) is 16.7. The van der Waals surface area contributed by atoms with E-state index in [1.165, 1.54) is 32.1 Å². The van der Waals surface area contributed by atoms with Crippen LogP contribution in [0.4, 0.5) is 0 Å². The van der Waals surface area contributed by atoms with Crippen LogP contribution in [0.2, 0.25) is 0 Å². The topological polar surface area (TPSA) is 29.5 Å². The molecule has 0 aromatic heterocycles. The normalized spacial score (nSPS) is 46.3. The van der Waals surface area contributed by atoms with Crippen molar-refractivity contribution in [2.24, 2.45) is 23.2 Å². The van der Waals surface area contributed by atoms with Crippen molar-refractivity contribution in [2.45, 2.75) is 71.0 Å². The van der Waals surface area contributed by atoms with Crippen molar-refractivity contribution in [1.82, 2.24) is 0 Å². The summed E-state index contributed by atoms with van der Waals surface area (Å²) >= 11 is 3.60. The van der Waals surface area contributed by atoms with Gasteiger partial charge in [0.25, 0.3) is 0 Å². The van der Waals surface area contributed by atoms with Crippen LogP contribution in [0.1, 0.15) is 59.3 Å². The van der Waals surface area contributed by atoms with Gasteiger partial charge in [0.05, 0.1) is 18.3 Å². The number of halogens is 1. The molecule has 0 amide bonds. The molecule has 0 aromatic carbocycles. The Labute approximate surface area is 149 Å². The molecular weight excluding hydrogens is 352 g/mol. The third kappa shape index (κ3) is 3.48. The molecule has 0 aliphatic heterocycles. The lowest BCUT2D eigenvalue weighted by atomic mass is 9.61. The van der Waals surface area contributed by atoms with Crippen LogP contribution < -0.4 is 0 Å². The number of ether oxygens (including phenoxy) is 1. The molecular formula is C20H31BrO2. The molecule has 2 nitrogen and oxygen atoms in total. The molecule has 0 spiro atoms. The Kier molecular flexibility index (Phi) is 5.11. The summed E-state index contributed by atoms with van der Waals surface area (Å²) in [5.74, 6) is 2.09. The van der Waals surface area contributed by atoms with Gasteiger partial charge in [0.15, 0.2) is 0 Å². The largest absolute Gasteiger partial charge is 0.386 e. The molecule has 23 heavy (non-hydrogen) atoms. The van der Waals surface area contributed by atoms with Crippen LogP contribution >= 0.6 is 15.9 Å². The van der Waals surface area contributed by atoms with Crippen LogP contribution in [0.5, 0.6) is 0 Å². The van der Waals surface area contributed by atoms with Gasteiger partial charge in [0, 0.05) is 6.42 Å². The van der Waals surface area contributed by atoms with Crippen LogP contribution in [0, 0.1) is 23.2 Å². The molecule has 0 bridgehead atoms. The number of hydrogen-bond donors (Lipinski definition) is 1. The molecule has 130 valence electrons. The SMILES string of the molecule is C[C@@H](CO[C@@H]1C=C[C@](C)(O)C1)[C@H]1CCC2/C(=C/Br)CCC[C@@]21C. The van der Waals surface area contributed by atoms with Gasteiger partial charge >= 0.3 is 0 Å². The van der Waals surface area contributed by atoms with E-state index in [2.05, 4.69) is 34.8 Å². The highest BCUT2D eigenvalue weighted by Gasteiger charge is 2.50. The molecule has 3 heteroatoms. The van der Waals surface area contributed by atoms with Crippen molar-refractivity contribution in [3.05, 3.63) is 22.7 Å². The van der Waals surface area contributed by atoms with Gasteiger partial charge in [0.1, 0.15) is 0 Å². The first-order valence-corrected chi connectivity index (χ1v) is 10.1. The molecule has 2 saturated carbocycles. The van der Waals surface area contributed by atoms with Gasteiger partial charge in [-0.25, -0.2) is 0 Å². The first kappa shape index (κ1) is 17.7. The van der Waals surface area contributed by atoms with Crippen molar-refractivity contribution in [3.63, 3.8) is 0 Å². The lowest BCUT2D eigenvalue weighted by Crippen LogP contribution is -2.37. The highest BCUT2D eigenvalue weighted by molar-refractivity contribution is 9.11. The molecule has 1 N–H and O–H groups in total. The van der Waals surface area contributed by atoms with Gasteiger partial charge in [-0.05, 0) is 67.2 Å². The summed E-state index contributed by atoms with van der Waals surface area (Å²) in [6, 6.07) is 0. The summed E-state index contributed by atoms with van der Waals surface area (Å²) in [6.45, 7) is 7.55. The van der Waals surface area contributed by atoms with Crippen LogP contribution in [-0.2, 0) is 4.74 Å². The third-order valence-electron chi connectivity index (χ3n) is 6.72. The maximum atomic E-state index is 10.0. The fourth-order valence-corrected chi connectivity index (χ4v) is 6.06. The lowest BCUT2D eigenvalue weighted by molar-refractivity contribution is -0.00791. The highest BCUT2D eigenvalue weighted by atomic mass is 79.9. The van der Waals surface area contributed by atoms with E-state index in [0.717, 1.165) is 18.4 Å². The van der Waals surface area contributed by atoms with E-state index in [1.54, 1.807) is 5.57 Å². The van der Waals surface area contributed by atoms with Gasteiger partial charge in [-0.1, -0.05) is 47.5 Å². The van der Waals surface area contributed by atoms with Crippen molar-refractivity contribution >= 4 is 15.9 Å². The first-order valence-electron chi connectivity index (χ1n) is 9.18. The maximum Gasteiger partial charge on any atom is 0.0828 e. The Morgan fingerprint density at radius 1 is 1.43 bits per heavy atom. The smallest absolute Gasteiger partial charge is 0.0828 e. The van der Waals surface area contributed by atoms with Crippen molar-refractivity contribution in [2.75, 3.05) is 6.61 Å². The van der Waals surface area contributed by atoms with Crippen molar-refractivity contribution in [1.29, 1.82) is 0 Å². The molecule has 3 rings (SSSR count). The number of aliphatic hydroxyl groups is 1. The van der Waals surface area contributed by atoms with E-state index < -0.39 is 5.60 Å². The number of rotatable bonds is 4. The second-order valence-electron chi connectivity index (χ2n) is 8.55. The summed E-state index contributed by atoms with van der Waals surface area (Å²) in [4.78, 5) is 2.20. The zero-order valence-corrected chi connectivity index (χ0v) is 16.3. The maximum absolute atomic E-state index is 10.0. The first-order chi connectivity index (χ1) is 10.9. The number of hydrogen-bond acceptors (Lipinski definition) is 2. The van der Waals surface area contributed by atoms with E-state index in [-0.39, 0.29) is 6.10 Å². The van der Waals surface area contributed by atoms with E-state index >= 15 is 0 Å². The Morgan fingerprint density at radius 2 is 2.22 bits per heavy atom. The predicted octanol–water partition coefficient (Wildman–Crippen LogP) is 5.21. The van der Waals surface area contributed by atoms with Crippen LogP contribution in [0.3, 0.4) is 0 Å². The second kappa shape index (κ2) is 6.65. The van der Waals surface area contributed by atoms with Gasteiger partial charge < -0.3 is 9.84 Å². The quantitative estimate of drug-likeness (QED) is 0.675. The van der Waals surface area contributed by atoms with Crippen LogP contribution in [-0.4, -0.2) is 23.4 Å². The van der Waals surface area contributed by atoms with Gasteiger partial charge in [0.2, 0.25) is 0 Å². The Morgan fingerprint density at radius 3 is 2.87 bits per heavy atom. The fourth-order valence-electron chi connectivity index (χ4n) is 5.51. The molecule has 3 aliphatic carbocycles. The summed E-state index contributed by atoms with van der Waals surface area (Å²) in [7, 11) is 0. The Balaban J connectivity index is 1.60. The Bertz CT molecular complexity index is 496. The van der Waals surface area contributed by atoms with Crippen LogP contribution in [0.15, 0.2) is 22.7 Å². The molecule has 0 saturated heterocycles. The average Bonchev–Trinajstić information content (AvgIpc) is 3.03. The van der Waals surface area contributed by atoms with Crippen molar-refractivity contribution < 1.29 is 9.84 Å². The highest BCUT2D eigenvalue weighted by Crippen LogP contribution is 2.59. The van der Waals surface area contributed by atoms with Gasteiger partial charge in [-0.3, -0.25) is 0 Å². The van der Waals surface area contributed by atoms with E-state index in [0.29, 0.717) is 17.8 Å². The predicted molar refractivity (Wildman–Crippen MR) is 98.5 cm³/mol. The lowest BCUT2D eigenvalue weighted by Gasteiger charge is -2.44. The third-order valence-corrected chi connectivity index (χ3v) is 7.31. The molecule has 0 aromatic rings. The Hall–Kier alpha value is -0.120. The molecule has 2 fully saturated rings. The van der Waals surface area contributed by atoms with E-state index in [4.69, 9.17) is 4.74 Å². The summed E-state index contributed by atoms with van der Waals surface area (Å²) < 4.78 is 6.12. The molecule has 6 atom stereocenters. The van der Waals surface area contributed by atoms with Crippen LogP contribution in [0.25, 0.3) is 0 Å². The second-order valence-corrected chi connectivity index (χ2v) is 9.01. The minimum absolute atomic E-state index is 0.0850. The summed E-state index contributed by atoms with van der Waals surface area (Å²) in [6.07, 6.45) is 11.3. The number of fused-ring (bicyclic) bond motifs is 1. The minimum atomic E-state index is -0.683. The van der Waals surface area contributed by atoms with E-state index in [9.17, 15) is 5.11 Å². The van der Waals surface area contributed by atoms with Crippen molar-refractivity contribution in [3.8, 4) is 0 Å². The number of allylic oxidation sites excluding steroid dienone is 1. The zero-order valence-electron chi connectivity index (χ0n) is 14.7. The fraction of sp³-hybridized carbons (Fsp3) is 0.800. The molecule has 1 unspecified atom stereocenters. The average molecular weight is 383 g/mol. The molecule has 3 aliphatic rings. The van der Waals surface area contributed by atoms with E-state index in [1.807, 2.05) is 19.1 Å².